The molecule has 1 saturated heterocycles. The molecule has 4 heterocycles. The quantitative estimate of drug-likeness (QED) is 0.198. The molecule has 12 nitrogen and oxygen atoms in total. The van der Waals surface area contributed by atoms with Gasteiger partial charge in [0, 0.05) is 38.1 Å². The highest BCUT2D eigenvalue weighted by molar-refractivity contribution is 7.90. The number of likely N-dealkylation sites (tertiary alicyclic amines) is 1. The number of amides is 1. The lowest BCUT2D eigenvalue weighted by molar-refractivity contribution is 0.0696. The summed E-state index contributed by atoms with van der Waals surface area (Å²) in [5.41, 5.74) is 3.75. The van der Waals surface area contributed by atoms with Crippen molar-refractivity contribution in [2.24, 2.45) is 7.05 Å². The van der Waals surface area contributed by atoms with Crippen LogP contribution in [-0.2, 0) is 28.4 Å². The first-order valence-electron chi connectivity index (χ1n) is 15.9. The van der Waals surface area contributed by atoms with Crippen LogP contribution in [0.5, 0.6) is 0 Å². The van der Waals surface area contributed by atoms with Crippen molar-refractivity contribution in [2.45, 2.75) is 69.0 Å². The number of hydrogen-bond acceptors (Lipinski definition) is 9. The van der Waals surface area contributed by atoms with E-state index in [4.69, 9.17) is 14.7 Å². The van der Waals surface area contributed by atoms with Gasteiger partial charge in [-0.25, -0.2) is 17.2 Å². The van der Waals surface area contributed by atoms with Gasteiger partial charge in [-0.1, -0.05) is 48.0 Å². The van der Waals surface area contributed by atoms with E-state index in [1.807, 2.05) is 51.2 Å². The first-order chi connectivity index (χ1) is 22.7. The fourth-order valence-corrected chi connectivity index (χ4v) is 7.41. The van der Waals surface area contributed by atoms with E-state index >= 15 is 0 Å². The minimum absolute atomic E-state index is 0.00677. The Morgan fingerprint density at radius 2 is 1.77 bits per heavy atom. The smallest absolute Gasteiger partial charge is 0.410 e. The van der Waals surface area contributed by atoms with E-state index in [2.05, 4.69) is 15.7 Å². The molecule has 2 aromatic carbocycles. The molecule has 1 saturated carbocycles. The Morgan fingerprint density at radius 1 is 1.00 bits per heavy atom. The molecule has 2 N–H and O–H groups in total. The van der Waals surface area contributed by atoms with Crippen LogP contribution in [0.15, 0.2) is 78.1 Å². The van der Waals surface area contributed by atoms with E-state index in [-0.39, 0.29) is 41.5 Å². The molecule has 0 unspecified atom stereocenters. The molecule has 5 aromatic rings. The summed E-state index contributed by atoms with van der Waals surface area (Å²) in [7, 11) is -2.16. The van der Waals surface area contributed by atoms with Crippen molar-refractivity contribution >= 4 is 44.6 Å². The summed E-state index contributed by atoms with van der Waals surface area (Å²) in [6.07, 6.45) is 8.27. The number of nitrogens with one attached hydrogen (secondary N) is 2. The molecular weight excluding hydrogens is 616 g/mol. The highest BCUT2D eigenvalue weighted by atomic mass is 32.2. The topological polar surface area (TPSA) is 136 Å². The predicted octanol–water partition coefficient (Wildman–Crippen LogP) is 5.93. The van der Waals surface area contributed by atoms with Crippen molar-refractivity contribution in [2.75, 3.05) is 17.2 Å². The van der Waals surface area contributed by atoms with E-state index in [0.29, 0.717) is 29.1 Å². The Hall–Kier alpha value is -4.91. The fraction of sp³-hybridized carbons (Fsp3) is 0.353. The Morgan fingerprint density at radius 3 is 2.47 bits per heavy atom. The van der Waals surface area contributed by atoms with Gasteiger partial charge in [0.25, 0.3) is 10.0 Å². The number of carbonyl (C=O) groups is 1. The van der Waals surface area contributed by atoms with E-state index in [0.717, 1.165) is 42.4 Å². The zero-order valence-electron chi connectivity index (χ0n) is 26.6. The van der Waals surface area contributed by atoms with Gasteiger partial charge in [-0.3, -0.25) is 4.68 Å². The zero-order chi connectivity index (χ0) is 32.7. The maximum atomic E-state index is 14.1. The molecule has 2 fully saturated rings. The van der Waals surface area contributed by atoms with E-state index in [1.54, 1.807) is 52.4 Å². The molecule has 1 amide bonds. The van der Waals surface area contributed by atoms with Gasteiger partial charge >= 0.3 is 6.09 Å². The Kier molecular flexibility index (Phi) is 8.08. The molecule has 13 heteroatoms. The summed E-state index contributed by atoms with van der Waals surface area (Å²) < 4.78 is 36.8. The first kappa shape index (κ1) is 30.7. The van der Waals surface area contributed by atoms with Crippen molar-refractivity contribution < 1.29 is 17.9 Å². The van der Waals surface area contributed by atoms with Gasteiger partial charge in [-0.2, -0.15) is 15.1 Å². The number of ether oxygens (including phenoxy) is 1. The molecule has 3 aromatic heterocycles. The molecule has 0 radical (unpaired) electrons. The summed E-state index contributed by atoms with van der Waals surface area (Å²) >= 11 is 0. The average molecular weight is 655 g/mol. The summed E-state index contributed by atoms with van der Waals surface area (Å²) in [5, 5.41) is 11.7. The number of anilines is 3. The Balaban J connectivity index is 1.25. The maximum absolute atomic E-state index is 14.1. The number of nitrogens with zero attached hydrogens (tertiary/aromatic N) is 6. The van der Waals surface area contributed by atoms with Gasteiger partial charge in [0.2, 0.25) is 5.95 Å². The lowest BCUT2D eigenvalue weighted by Gasteiger charge is -2.37. The van der Waals surface area contributed by atoms with Crippen molar-refractivity contribution in [1.29, 1.82) is 0 Å². The first-order valence-corrected chi connectivity index (χ1v) is 17.3. The molecule has 1 aliphatic carbocycles. The Labute approximate surface area is 273 Å². The van der Waals surface area contributed by atoms with E-state index in [9.17, 15) is 13.2 Å². The van der Waals surface area contributed by atoms with E-state index < -0.39 is 10.0 Å². The lowest BCUT2D eigenvalue weighted by atomic mass is 9.99. The minimum atomic E-state index is -3.97. The van der Waals surface area contributed by atoms with Crippen LogP contribution in [0.25, 0.3) is 11.0 Å². The highest BCUT2D eigenvalue weighted by Gasteiger charge is 2.35. The minimum Gasteiger partial charge on any atom is -0.445 e. The number of hydrogen-bond donors (Lipinski definition) is 2. The third-order valence-electron chi connectivity index (χ3n) is 8.86. The van der Waals surface area contributed by atoms with Crippen molar-refractivity contribution in [1.82, 2.24) is 28.6 Å². The van der Waals surface area contributed by atoms with Crippen LogP contribution in [0.4, 0.5) is 22.2 Å². The molecule has 1 aliphatic heterocycles. The number of aryl methyl sites for hydroxylation is 2. The fourth-order valence-electron chi connectivity index (χ4n) is 6.09. The van der Waals surface area contributed by atoms with Crippen LogP contribution in [0.1, 0.15) is 55.2 Å². The van der Waals surface area contributed by atoms with Crippen LogP contribution >= 0.6 is 0 Å². The van der Waals surface area contributed by atoms with Crippen LogP contribution in [-0.4, -0.2) is 61.8 Å². The third kappa shape index (κ3) is 6.39. The largest absolute Gasteiger partial charge is 0.445 e. The van der Waals surface area contributed by atoms with Gasteiger partial charge in [-0.15, -0.1) is 0 Å². The van der Waals surface area contributed by atoms with Gasteiger partial charge in [0.05, 0.1) is 22.2 Å². The summed E-state index contributed by atoms with van der Waals surface area (Å²) in [5.74, 6) is 0.972. The van der Waals surface area contributed by atoms with E-state index in [1.165, 1.54) is 3.97 Å². The normalized spacial score (nSPS) is 18.3. The summed E-state index contributed by atoms with van der Waals surface area (Å²) in [6.45, 7) is 4.56. The monoisotopic (exact) mass is 654 g/mol. The molecule has 7 rings (SSSR count). The van der Waals surface area contributed by atoms with Gasteiger partial charge < -0.3 is 20.3 Å². The van der Waals surface area contributed by atoms with Gasteiger partial charge in [0.1, 0.15) is 12.4 Å². The molecule has 0 spiro atoms. The van der Waals surface area contributed by atoms with Crippen LogP contribution in [0, 0.1) is 6.92 Å². The Bertz CT molecular complexity index is 2020. The molecule has 244 valence electrons. The molecular formula is C34H38N8O4S. The van der Waals surface area contributed by atoms with Gasteiger partial charge in [-0.05, 0) is 68.7 Å². The molecule has 2 atom stereocenters. The number of piperidine rings is 1. The zero-order valence-corrected chi connectivity index (χ0v) is 27.4. The number of rotatable bonds is 9. The predicted molar refractivity (Wildman–Crippen MR) is 179 cm³/mol. The number of benzene rings is 2. The highest BCUT2D eigenvalue weighted by Crippen LogP contribution is 2.46. The van der Waals surface area contributed by atoms with Crippen molar-refractivity contribution in [3.8, 4) is 0 Å². The second-order valence-electron chi connectivity index (χ2n) is 12.6. The van der Waals surface area contributed by atoms with Crippen molar-refractivity contribution in [3.63, 3.8) is 0 Å². The summed E-state index contributed by atoms with van der Waals surface area (Å²) in [4.78, 5) is 24.9. The second-order valence-corrected chi connectivity index (χ2v) is 14.4. The van der Waals surface area contributed by atoms with Crippen LogP contribution in [0.3, 0.4) is 0 Å². The molecule has 2 aliphatic rings. The second kappa shape index (κ2) is 12.4. The van der Waals surface area contributed by atoms with Crippen LogP contribution < -0.4 is 10.6 Å². The lowest BCUT2D eigenvalue weighted by Crippen LogP contribution is -2.49. The SMILES string of the molecule is Cc1ccc(S(=O)(=O)n2cc(C3CC3)c3c(N[C@@H]4CC[C@H](C)N(C(=O)OCc5ccccc5)C4)nc(Nc4cnn(C)c4)nc32)cc1. The standard InChI is InChI=1S/C34H38N8O4S/c1-22-9-15-28(16-10-22)47(44,45)42-20-29(25-12-13-25)30-31(38-33(39-32(30)42)37-27-17-35-40(3)18-27)36-26-14-11-23(2)41(19-26)34(43)46-21-24-7-5-4-6-8-24/h4-10,15-18,20,23,25-26H,11-14,19,21H2,1-3H3,(H2,36,37,38,39)/t23-,26+/m0/s1. The average Bonchev–Trinajstić information content (AvgIpc) is 3.71. The number of aromatic nitrogens is 5. The summed E-state index contributed by atoms with van der Waals surface area (Å²) in [6, 6.07) is 16.3. The number of carbonyl (C=O) groups excluding carboxylic acids is 1. The van der Waals surface area contributed by atoms with Crippen LogP contribution in [0.2, 0.25) is 0 Å². The number of fused-ring (bicyclic) bond motifs is 1. The van der Waals surface area contributed by atoms with Gasteiger partial charge in [0.15, 0.2) is 5.65 Å². The molecule has 47 heavy (non-hydrogen) atoms. The third-order valence-corrected chi connectivity index (χ3v) is 10.5. The molecule has 0 bridgehead atoms. The maximum Gasteiger partial charge on any atom is 0.410 e. The van der Waals surface area contributed by atoms with Crippen molar-refractivity contribution in [3.05, 3.63) is 89.9 Å².